The molecule has 0 aliphatic carbocycles. The van der Waals surface area contributed by atoms with Gasteiger partial charge in [0.1, 0.15) is 5.82 Å². The van der Waals surface area contributed by atoms with E-state index in [4.69, 9.17) is 4.42 Å². The molecule has 142 valence electrons. The summed E-state index contributed by atoms with van der Waals surface area (Å²) in [4.78, 5) is 7.09. The summed E-state index contributed by atoms with van der Waals surface area (Å²) in [7, 11) is -3.93. The highest BCUT2D eigenvalue weighted by atomic mass is 32.2. The van der Waals surface area contributed by atoms with Crippen molar-refractivity contribution in [2.45, 2.75) is 35.6 Å². The van der Waals surface area contributed by atoms with Gasteiger partial charge in [-0.1, -0.05) is 18.9 Å². The van der Waals surface area contributed by atoms with Gasteiger partial charge in [0, 0.05) is 13.1 Å². The van der Waals surface area contributed by atoms with Gasteiger partial charge in [-0.15, -0.1) is 11.3 Å². The van der Waals surface area contributed by atoms with Gasteiger partial charge in [0.15, 0.2) is 0 Å². The third-order valence-electron chi connectivity index (χ3n) is 4.58. The topological polar surface area (TPSA) is 63.4 Å². The Morgan fingerprint density at radius 3 is 2.37 bits per heavy atom. The quantitative estimate of drug-likeness (QED) is 0.585. The summed E-state index contributed by atoms with van der Waals surface area (Å²) in [5.41, 5.74) is 0. The molecule has 0 atom stereocenters. The van der Waals surface area contributed by atoms with Crippen LogP contribution in [-0.4, -0.2) is 26.5 Å². The van der Waals surface area contributed by atoms with E-state index in [1.807, 2.05) is 22.4 Å². The number of hydrogen-bond donors (Lipinski definition) is 0. The first kappa shape index (κ1) is 18.2. The van der Waals surface area contributed by atoms with Crippen molar-refractivity contribution in [1.29, 1.82) is 0 Å². The van der Waals surface area contributed by atoms with Crippen LogP contribution in [0.5, 0.6) is 0 Å². The highest BCUT2D eigenvalue weighted by molar-refractivity contribution is 7.91. The minimum atomic E-state index is -3.93. The summed E-state index contributed by atoms with van der Waals surface area (Å²) < 4.78 is 45.6. The zero-order valence-electron chi connectivity index (χ0n) is 14.6. The van der Waals surface area contributed by atoms with Gasteiger partial charge in [-0.05, 0) is 48.6 Å². The second kappa shape index (κ2) is 7.44. The summed E-state index contributed by atoms with van der Waals surface area (Å²) in [6.07, 6.45) is 4.18. The van der Waals surface area contributed by atoms with Crippen LogP contribution in [0.1, 0.15) is 25.7 Å². The van der Waals surface area contributed by atoms with Gasteiger partial charge in [0.2, 0.25) is 26.6 Å². The van der Waals surface area contributed by atoms with Gasteiger partial charge >= 0.3 is 0 Å². The Hall–Kier alpha value is -2.19. The van der Waals surface area contributed by atoms with Crippen LogP contribution in [0.15, 0.2) is 56.1 Å². The Balaban J connectivity index is 1.83. The summed E-state index contributed by atoms with van der Waals surface area (Å²) >= 11 is 1.44. The average molecular weight is 407 g/mol. The zero-order chi connectivity index (χ0) is 18.9. The number of rotatable bonds is 4. The lowest BCUT2D eigenvalue weighted by Gasteiger charge is -2.20. The molecule has 0 saturated carbocycles. The van der Waals surface area contributed by atoms with Crippen molar-refractivity contribution in [3.63, 3.8) is 0 Å². The Morgan fingerprint density at radius 2 is 1.74 bits per heavy atom. The predicted octanol–water partition coefficient (Wildman–Crippen LogP) is 4.76. The standard InChI is InChI=1S/C19H19FN2O3S2/c20-14-7-9-15(10-8-14)27(23,24)18-19(22-11-3-1-2-4-12-22)25-17(21-18)16-6-5-13-26-16/h5-10,13H,1-4,11-12H2. The largest absolute Gasteiger partial charge is 0.418 e. The van der Waals surface area contributed by atoms with E-state index in [0.717, 1.165) is 55.8 Å². The minimum absolute atomic E-state index is 0.00556. The van der Waals surface area contributed by atoms with E-state index in [2.05, 4.69) is 4.98 Å². The SMILES string of the molecule is O=S(=O)(c1ccc(F)cc1)c1nc(-c2cccs2)oc1N1CCCCCC1. The van der Waals surface area contributed by atoms with Crippen molar-refractivity contribution >= 4 is 27.1 Å². The molecule has 5 nitrogen and oxygen atoms in total. The van der Waals surface area contributed by atoms with Crippen LogP contribution >= 0.6 is 11.3 Å². The Morgan fingerprint density at radius 1 is 1.04 bits per heavy atom. The van der Waals surface area contributed by atoms with Crippen LogP contribution in [0.25, 0.3) is 10.8 Å². The maximum atomic E-state index is 13.2. The number of anilines is 1. The lowest BCUT2D eigenvalue weighted by Crippen LogP contribution is -2.25. The second-order valence-corrected chi connectivity index (χ2v) is 9.28. The molecular weight excluding hydrogens is 387 g/mol. The molecule has 0 radical (unpaired) electrons. The van der Waals surface area contributed by atoms with Crippen molar-refractivity contribution in [2.24, 2.45) is 0 Å². The maximum absolute atomic E-state index is 13.2. The molecule has 27 heavy (non-hydrogen) atoms. The summed E-state index contributed by atoms with van der Waals surface area (Å²) in [6, 6.07) is 8.51. The van der Waals surface area contributed by atoms with Gasteiger partial charge in [0.05, 0.1) is 9.77 Å². The number of benzene rings is 1. The molecule has 0 spiro atoms. The summed E-state index contributed by atoms with van der Waals surface area (Å²) in [5.74, 6) is 0.0932. The van der Waals surface area contributed by atoms with Crippen LogP contribution < -0.4 is 4.90 Å². The molecule has 1 aliphatic heterocycles. The minimum Gasteiger partial charge on any atom is -0.418 e. The van der Waals surface area contributed by atoms with E-state index < -0.39 is 15.7 Å². The molecule has 3 heterocycles. The zero-order valence-corrected chi connectivity index (χ0v) is 16.2. The number of thiophene rings is 1. The molecule has 8 heteroatoms. The van der Waals surface area contributed by atoms with E-state index in [0.29, 0.717) is 5.89 Å². The number of halogens is 1. The fourth-order valence-electron chi connectivity index (χ4n) is 3.18. The van der Waals surface area contributed by atoms with Crippen LogP contribution in [0, 0.1) is 5.82 Å². The number of hydrogen-bond acceptors (Lipinski definition) is 6. The monoisotopic (exact) mass is 406 g/mol. The Kier molecular flexibility index (Phi) is 5.01. The fourth-order valence-corrected chi connectivity index (χ4v) is 5.15. The second-order valence-electron chi connectivity index (χ2n) is 6.47. The van der Waals surface area contributed by atoms with Gasteiger partial charge < -0.3 is 9.32 Å². The van der Waals surface area contributed by atoms with E-state index in [1.165, 1.54) is 23.5 Å². The van der Waals surface area contributed by atoms with E-state index in [-0.39, 0.29) is 15.8 Å². The molecule has 1 aromatic carbocycles. The molecule has 0 unspecified atom stereocenters. The summed E-state index contributed by atoms with van der Waals surface area (Å²) in [5, 5.41) is 1.79. The lowest BCUT2D eigenvalue weighted by molar-refractivity contribution is 0.544. The number of aromatic nitrogens is 1. The first-order chi connectivity index (χ1) is 13.1. The number of nitrogens with zero attached hydrogens (tertiary/aromatic N) is 2. The van der Waals surface area contributed by atoms with E-state index in [9.17, 15) is 12.8 Å². The predicted molar refractivity (Wildman–Crippen MR) is 102 cm³/mol. The van der Waals surface area contributed by atoms with Crippen molar-refractivity contribution in [3.05, 3.63) is 47.6 Å². The first-order valence-electron chi connectivity index (χ1n) is 8.86. The van der Waals surface area contributed by atoms with E-state index >= 15 is 0 Å². The van der Waals surface area contributed by atoms with Gasteiger partial charge in [-0.2, -0.15) is 4.98 Å². The van der Waals surface area contributed by atoms with Crippen molar-refractivity contribution in [2.75, 3.05) is 18.0 Å². The number of sulfone groups is 1. The molecule has 0 bridgehead atoms. The fraction of sp³-hybridized carbons (Fsp3) is 0.316. The molecule has 1 aliphatic rings. The van der Waals surface area contributed by atoms with Gasteiger partial charge in [-0.3, -0.25) is 0 Å². The molecule has 3 aromatic rings. The number of oxazole rings is 1. The van der Waals surface area contributed by atoms with Crippen LogP contribution in [0.2, 0.25) is 0 Å². The van der Waals surface area contributed by atoms with Crippen LogP contribution in [0.4, 0.5) is 10.3 Å². The van der Waals surface area contributed by atoms with Crippen molar-refractivity contribution in [1.82, 2.24) is 4.98 Å². The summed E-state index contributed by atoms with van der Waals surface area (Å²) in [6.45, 7) is 1.45. The van der Waals surface area contributed by atoms with Crippen LogP contribution in [0.3, 0.4) is 0 Å². The smallest absolute Gasteiger partial charge is 0.240 e. The van der Waals surface area contributed by atoms with Crippen molar-refractivity contribution in [3.8, 4) is 10.8 Å². The van der Waals surface area contributed by atoms with Gasteiger partial charge in [0.25, 0.3) is 0 Å². The molecule has 1 fully saturated rings. The van der Waals surface area contributed by atoms with Crippen molar-refractivity contribution < 1.29 is 17.2 Å². The third kappa shape index (κ3) is 3.64. The normalized spacial score (nSPS) is 15.7. The molecule has 0 amide bonds. The Bertz CT molecular complexity index is 1000. The van der Waals surface area contributed by atoms with Crippen LogP contribution in [-0.2, 0) is 9.84 Å². The first-order valence-corrected chi connectivity index (χ1v) is 11.2. The highest BCUT2D eigenvalue weighted by Crippen LogP contribution is 2.36. The molecule has 2 aromatic heterocycles. The Labute approximate surface area is 161 Å². The maximum Gasteiger partial charge on any atom is 0.240 e. The lowest BCUT2D eigenvalue weighted by atomic mass is 10.2. The highest BCUT2D eigenvalue weighted by Gasteiger charge is 2.31. The van der Waals surface area contributed by atoms with E-state index in [1.54, 1.807) is 0 Å². The molecule has 4 rings (SSSR count). The van der Waals surface area contributed by atoms with Gasteiger partial charge in [-0.25, -0.2) is 12.8 Å². The average Bonchev–Trinajstić information content (AvgIpc) is 3.27. The molecular formula is C19H19FN2O3S2. The third-order valence-corrected chi connectivity index (χ3v) is 7.11. The molecule has 0 N–H and O–H groups in total. The molecule has 1 saturated heterocycles.